The third kappa shape index (κ3) is 5.87. The van der Waals surface area contributed by atoms with Crippen molar-refractivity contribution in [1.82, 2.24) is 20.0 Å². The van der Waals surface area contributed by atoms with Crippen molar-refractivity contribution in [3.05, 3.63) is 41.5 Å². The molecule has 2 aliphatic rings. The lowest BCUT2D eigenvalue weighted by atomic mass is 9.97. The fourth-order valence-electron chi connectivity index (χ4n) is 4.66. The van der Waals surface area contributed by atoms with Gasteiger partial charge in [0.05, 0.1) is 25.3 Å². The van der Waals surface area contributed by atoms with Crippen LogP contribution in [0.4, 0.5) is 0 Å². The minimum absolute atomic E-state index is 0.0407. The van der Waals surface area contributed by atoms with E-state index >= 15 is 0 Å². The molecule has 184 valence electrons. The van der Waals surface area contributed by atoms with Crippen LogP contribution in [0.5, 0.6) is 5.75 Å². The molecule has 0 radical (unpaired) electrons. The van der Waals surface area contributed by atoms with E-state index in [1.54, 1.807) is 11.0 Å². The minimum atomic E-state index is -0.235. The molecule has 34 heavy (non-hydrogen) atoms. The number of morpholine rings is 1. The number of hydrogen-bond donors (Lipinski definition) is 2. The van der Waals surface area contributed by atoms with Crippen LogP contribution in [0.2, 0.25) is 0 Å². The van der Waals surface area contributed by atoms with Crippen LogP contribution in [0.1, 0.15) is 36.7 Å². The Labute approximate surface area is 201 Å². The fraction of sp³-hybridized carbons (Fsp3) is 0.538. The highest BCUT2D eigenvalue weighted by Crippen LogP contribution is 2.33. The third-order valence-electron chi connectivity index (χ3n) is 6.38. The van der Waals surface area contributed by atoms with Gasteiger partial charge in [0.1, 0.15) is 5.75 Å². The number of nitrogens with one attached hydrogen (secondary N) is 1. The molecular weight excluding hydrogens is 432 g/mol. The fourth-order valence-corrected chi connectivity index (χ4v) is 4.66. The number of phenols is 1. The molecule has 2 fully saturated rings. The van der Waals surface area contributed by atoms with Crippen molar-refractivity contribution in [2.24, 2.45) is 0 Å². The number of amides is 2. The molecule has 0 atom stereocenters. The van der Waals surface area contributed by atoms with Crippen LogP contribution in [-0.2, 0) is 16.1 Å². The summed E-state index contributed by atoms with van der Waals surface area (Å²) < 4.78 is 5.37. The van der Waals surface area contributed by atoms with Crippen molar-refractivity contribution in [3.8, 4) is 5.75 Å². The summed E-state index contributed by atoms with van der Waals surface area (Å²) in [5, 5.41) is 16.2. The second kappa shape index (κ2) is 10.3. The molecule has 0 saturated carbocycles. The van der Waals surface area contributed by atoms with Gasteiger partial charge in [-0.15, -0.1) is 0 Å². The van der Waals surface area contributed by atoms with Gasteiger partial charge in [-0.05, 0) is 37.6 Å². The molecule has 8 heteroatoms. The SMILES string of the molecule is CC(C)(C)NC(=O)CN1CCN(Cc2c(O)c(C(=O)N3CCOCC3)cc3ccccc23)CC1. The zero-order chi connectivity index (χ0) is 24.3. The molecule has 4 rings (SSSR count). The second-order valence-electron chi connectivity index (χ2n) is 10.2. The standard InChI is InChI=1S/C26H36N4O4/c1-26(2,3)27-23(31)18-29-10-8-28(9-11-29)17-22-20-7-5-4-6-19(20)16-21(24(22)32)25(33)30-12-14-34-15-13-30/h4-7,16,32H,8-15,17-18H2,1-3H3,(H,27,31). The number of carbonyl (C=O) groups is 2. The van der Waals surface area contributed by atoms with Gasteiger partial charge in [-0.3, -0.25) is 19.4 Å². The summed E-state index contributed by atoms with van der Waals surface area (Å²) in [6.45, 7) is 12.1. The van der Waals surface area contributed by atoms with Crippen LogP contribution in [0.3, 0.4) is 0 Å². The van der Waals surface area contributed by atoms with Gasteiger partial charge >= 0.3 is 0 Å². The molecule has 2 amide bonds. The minimum Gasteiger partial charge on any atom is -0.507 e. The Bertz CT molecular complexity index is 1040. The number of aromatic hydroxyl groups is 1. The normalized spacial score (nSPS) is 18.3. The van der Waals surface area contributed by atoms with Gasteiger partial charge in [-0.25, -0.2) is 0 Å². The molecule has 0 spiro atoms. The number of ether oxygens (including phenoxy) is 1. The second-order valence-corrected chi connectivity index (χ2v) is 10.2. The zero-order valence-electron chi connectivity index (χ0n) is 20.5. The highest BCUT2D eigenvalue weighted by atomic mass is 16.5. The van der Waals surface area contributed by atoms with Crippen LogP contribution in [0.25, 0.3) is 10.8 Å². The predicted octanol–water partition coefficient (Wildman–Crippen LogP) is 2.05. The average Bonchev–Trinajstić information content (AvgIpc) is 2.80. The predicted molar refractivity (Wildman–Crippen MR) is 132 cm³/mol. The van der Waals surface area contributed by atoms with Gasteiger partial charge in [-0.1, -0.05) is 24.3 Å². The Morgan fingerprint density at radius 3 is 2.32 bits per heavy atom. The lowest BCUT2D eigenvalue weighted by Crippen LogP contribution is -2.51. The van der Waals surface area contributed by atoms with Gasteiger partial charge in [0.2, 0.25) is 5.91 Å². The number of fused-ring (bicyclic) bond motifs is 1. The maximum absolute atomic E-state index is 13.2. The van der Waals surface area contributed by atoms with E-state index in [1.165, 1.54) is 0 Å². The Kier molecular flexibility index (Phi) is 7.40. The topological polar surface area (TPSA) is 85.3 Å². The largest absolute Gasteiger partial charge is 0.507 e. The van der Waals surface area contributed by atoms with E-state index in [0.29, 0.717) is 45.0 Å². The molecule has 2 N–H and O–H groups in total. The van der Waals surface area contributed by atoms with Crippen LogP contribution >= 0.6 is 0 Å². The third-order valence-corrected chi connectivity index (χ3v) is 6.38. The van der Waals surface area contributed by atoms with Gasteiger partial charge in [0, 0.05) is 56.9 Å². The first-order chi connectivity index (χ1) is 16.2. The lowest BCUT2D eigenvalue weighted by Gasteiger charge is -2.35. The summed E-state index contributed by atoms with van der Waals surface area (Å²) in [4.78, 5) is 31.7. The number of nitrogens with zero attached hydrogens (tertiary/aromatic N) is 3. The molecular formula is C26H36N4O4. The van der Waals surface area contributed by atoms with Crippen molar-refractivity contribution >= 4 is 22.6 Å². The van der Waals surface area contributed by atoms with E-state index < -0.39 is 0 Å². The monoisotopic (exact) mass is 468 g/mol. The van der Waals surface area contributed by atoms with Crippen LogP contribution < -0.4 is 5.32 Å². The van der Waals surface area contributed by atoms with Gasteiger partial charge in [0.25, 0.3) is 5.91 Å². The smallest absolute Gasteiger partial charge is 0.257 e. The maximum atomic E-state index is 13.2. The van der Waals surface area contributed by atoms with Crippen molar-refractivity contribution in [2.45, 2.75) is 32.9 Å². The van der Waals surface area contributed by atoms with Crippen LogP contribution in [-0.4, -0.2) is 96.2 Å². The van der Waals surface area contributed by atoms with Crippen LogP contribution in [0, 0.1) is 0 Å². The van der Waals surface area contributed by atoms with E-state index in [9.17, 15) is 14.7 Å². The molecule has 2 aliphatic heterocycles. The van der Waals surface area contributed by atoms with E-state index in [-0.39, 0.29) is 23.1 Å². The molecule has 0 bridgehead atoms. The van der Waals surface area contributed by atoms with E-state index in [2.05, 4.69) is 15.1 Å². The number of rotatable bonds is 5. The number of carbonyl (C=O) groups excluding carboxylic acids is 2. The van der Waals surface area contributed by atoms with E-state index in [4.69, 9.17) is 4.74 Å². The van der Waals surface area contributed by atoms with E-state index in [0.717, 1.165) is 42.5 Å². The average molecular weight is 469 g/mol. The highest BCUT2D eigenvalue weighted by Gasteiger charge is 2.26. The van der Waals surface area contributed by atoms with Gasteiger partial charge < -0.3 is 20.1 Å². The molecule has 0 unspecified atom stereocenters. The first kappa shape index (κ1) is 24.4. The summed E-state index contributed by atoms with van der Waals surface area (Å²) in [5.41, 5.74) is 0.906. The van der Waals surface area contributed by atoms with Gasteiger partial charge in [0.15, 0.2) is 0 Å². The van der Waals surface area contributed by atoms with Crippen molar-refractivity contribution in [3.63, 3.8) is 0 Å². The Hall–Kier alpha value is -2.68. The Morgan fingerprint density at radius 2 is 1.65 bits per heavy atom. The van der Waals surface area contributed by atoms with E-state index in [1.807, 2.05) is 45.0 Å². The first-order valence-corrected chi connectivity index (χ1v) is 12.1. The van der Waals surface area contributed by atoms with Crippen molar-refractivity contribution in [1.29, 1.82) is 0 Å². The van der Waals surface area contributed by atoms with Crippen LogP contribution in [0.15, 0.2) is 30.3 Å². The number of piperazine rings is 1. The molecule has 2 saturated heterocycles. The summed E-state index contributed by atoms with van der Waals surface area (Å²) in [6.07, 6.45) is 0. The number of hydrogen-bond acceptors (Lipinski definition) is 6. The maximum Gasteiger partial charge on any atom is 0.257 e. The molecule has 8 nitrogen and oxygen atoms in total. The van der Waals surface area contributed by atoms with Gasteiger partial charge in [-0.2, -0.15) is 0 Å². The summed E-state index contributed by atoms with van der Waals surface area (Å²) >= 11 is 0. The number of phenolic OH excluding ortho intramolecular Hbond substituents is 1. The lowest BCUT2D eigenvalue weighted by molar-refractivity contribution is -0.124. The molecule has 2 heterocycles. The summed E-state index contributed by atoms with van der Waals surface area (Å²) in [7, 11) is 0. The molecule has 0 aliphatic carbocycles. The quantitative estimate of drug-likeness (QED) is 0.699. The zero-order valence-corrected chi connectivity index (χ0v) is 20.5. The Morgan fingerprint density at radius 1 is 1.00 bits per heavy atom. The highest BCUT2D eigenvalue weighted by molar-refractivity contribution is 6.03. The molecule has 2 aromatic rings. The summed E-state index contributed by atoms with van der Waals surface area (Å²) in [5.74, 6) is -0.0384. The van der Waals surface area contributed by atoms with Crippen molar-refractivity contribution < 1.29 is 19.4 Å². The number of benzene rings is 2. The summed E-state index contributed by atoms with van der Waals surface area (Å²) in [6, 6.07) is 9.70. The Balaban J connectivity index is 1.48. The first-order valence-electron chi connectivity index (χ1n) is 12.1. The molecule has 0 aromatic heterocycles. The molecule has 2 aromatic carbocycles. The van der Waals surface area contributed by atoms with Crippen molar-refractivity contribution in [2.75, 3.05) is 59.0 Å².